The minimum absolute atomic E-state index is 0.683. The largest absolute Gasteiger partial charge is 0.371 e. The quantitative estimate of drug-likeness (QED) is 0.794. The van der Waals surface area contributed by atoms with Crippen molar-refractivity contribution in [2.24, 2.45) is 5.92 Å². The number of nitrogens with zero attached hydrogens (tertiary/aromatic N) is 2. The van der Waals surface area contributed by atoms with Crippen LogP contribution in [0.3, 0.4) is 0 Å². The molecule has 0 fully saturated rings. The molecule has 1 atom stereocenters. The Hall–Kier alpha value is -1.22. The van der Waals surface area contributed by atoms with Gasteiger partial charge in [0.2, 0.25) is 0 Å². The van der Waals surface area contributed by atoms with Crippen molar-refractivity contribution >= 4 is 11.4 Å². The van der Waals surface area contributed by atoms with E-state index < -0.39 is 0 Å². The molecule has 0 radical (unpaired) electrons. The zero-order valence-corrected chi connectivity index (χ0v) is 12.5. The molecule has 1 N–H and O–H groups in total. The topological polar surface area (TPSA) is 18.5 Å². The van der Waals surface area contributed by atoms with Gasteiger partial charge in [0.15, 0.2) is 0 Å². The van der Waals surface area contributed by atoms with E-state index in [4.69, 9.17) is 0 Å². The molecule has 1 aromatic rings. The summed E-state index contributed by atoms with van der Waals surface area (Å²) in [4.78, 5) is 4.89. The number of hydrogen-bond donors (Lipinski definition) is 1. The number of hydrogen-bond acceptors (Lipinski definition) is 3. The monoisotopic (exact) mass is 261 g/mol. The number of fused-ring (bicyclic) bond motifs is 1. The maximum Gasteiger partial charge on any atom is 0.0604 e. The van der Waals surface area contributed by atoms with Gasteiger partial charge in [0.05, 0.1) is 11.4 Å². The Labute approximate surface area is 117 Å². The molecule has 19 heavy (non-hydrogen) atoms. The van der Waals surface area contributed by atoms with Crippen LogP contribution >= 0.6 is 0 Å². The number of para-hydroxylation sites is 2. The Morgan fingerprint density at radius 3 is 2.68 bits per heavy atom. The lowest BCUT2D eigenvalue weighted by atomic mass is 10.1. The summed E-state index contributed by atoms with van der Waals surface area (Å²) in [6.45, 7) is 10.2. The second-order valence-electron chi connectivity index (χ2n) is 5.67. The average Bonchev–Trinajstić information content (AvgIpc) is 2.43. The van der Waals surface area contributed by atoms with Crippen LogP contribution in [-0.2, 0) is 0 Å². The van der Waals surface area contributed by atoms with Crippen LogP contribution < -0.4 is 15.1 Å². The van der Waals surface area contributed by atoms with Gasteiger partial charge >= 0.3 is 0 Å². The van der Waals surface area contributed by atoms with Crippen LogP contribution in [0.1, 0.15) is 20.3 Å². The normalized spacial score (nSPS) is 16.4. The first-order chi connectivity index (χ1) is 9.22. The van der Waals surface area contributed by atoms with Crippen molar-refractivity contribution in [3.63, 3.8) is 0 Å². The van der Waals surface area contributed by atoms with Crippen LogP contribution in [0.15, 0.2) is 24.3 Å². The van der Waals surface area contributed by atoms with Crippen molar-refractivity contribution in [3.8, 4) is 0 Å². The molecule has 1 aliphatic heterocycles. The first-order valence-corrected chi connectivity index (χ1v) is 7.48. The number of anilines is 2. The minimum Gasteiger partial charge on any atom is -0.371 e. The van der Waals surface area contributed by atoms with Crippen LogP contribution in [0.25, 0.3) is 0 Å². The predicted octanol–water partition coefficient (Wildman–Crippen LogP) is 2.58. The third-order valence-corrected chi connectivity index (χ3v) is 3.79. The fraction of sp³-hybridized carbons (Fsp3) is 0.625. The second-order valence-corrected chi connectivity index (χ2v) is 5.67. The zero-order valence-electron chi connectivity index (χ0n) is 12.5. The van der Waals surface area contributed by atoms with Crippen molar-refractivity contribution in [3.05, 3.63) is 24.3 Å². The molecule has 2 rings (SSSR count). The van der Waals surface area contributed by atoms with Gasteiger partial charge in [-0.1, -0.05) is 26.0 Å². The highest BCUT2D eigenvalue weighted by molar-refractivity contribution is 5.73. The van der Waals surface area contributed by atoms with Gasteiger partial charge < -0.3 is 15.1 Å². The van der Waals surface area contributed by atoms with E-state index in [1.807, 2.05) is 0 Å². The molecule has 1 aliphatic rings. The number of rotatable bonds is 6. The van der Waals surface area contributed by atoms with E-state index in [0.717, 1.165) is 32.7 Å². The van der Waals surface area contributed by atoms with Crippen molar-refractivity contribution in [1.29, 1.82) is 0 Å². The highest BCUT2D eigenvalue weighted by atomic mass is 15.2. The van der Waals surface area contributed by atoms with Crippen molar-refractivity contribution < 1.29 is 0 Å². The van der Waals surface area contributed by atoms with Gasteiger partial charge in [-0.15, -0.1) is 0 Å². The Morgan fingerprint density at radius 1 is 1.21 bits per heavy atom. The molecule has 0 aliphatic carbocycles. The van der Waals surface area contributed by atoms with E-state index in [1.54, 1.807) is 0 Å². The van der Waals surface area contributed by atoms with Gasteiger partial charge in [-0.3, -0.25) is 0 Å². The number of likely N-dealkylation sites (N-methyl/N-ethyl adjacent to an activating group) is 1. The van der Waals surface area contributed by atoms with Crippen LogP contribution in [0.5, 0.6) is 0 Å². The molecule has 0 amide bonds. The predicted molar refractivity (Wildman–Crippen MR) is 84.2 cm³/mol. The maximum absolute atomic E-state index is 3.52. The van der Waals surface area contributed by atoms with Gasteiger partial charge in [-0.2, -0.15) is 0 Å². The van der Waals surface area contributed by atoms with Gasteiger partial charge in [-0.25, -0.2) is 0 Å². The standard InChI is InChI=1S/C16H27N3/c1-4-9-17-12-14(2)13-19-11-10-18(3)15-7-5-6-8-16(15)19/h5-8,14,17H,4,9-13H2,1-3H3. The molecular weight excluding hydrogens is 234 g/mol. The smallest absolute Gasteiger partial charge is 0.0604 e. The molecule has 0 bridgehead atoms. The molecule has 1 aromatic carbocycles. The lowest BCUT2D eigenvalue weighted by Crippen LogP contribution is -2.42. The highest BCUT2D eigenvalue weighted by Gasteiger charge is 2.20. The third kappa shape index (κ3) is 3.63. The summed E-state index contributed by atoms with van der Waals surface area (Å²) in [6, 6.07) is 8.74. The zero-order chi connectivity index (χ0) is 13.7. The van der Waals surface area contributed by atoms with E-state index in [2.05, 4.69) is 60.3 Å². The fourth-order valence-electron chi connectivity index (χ4n) is 2.72. The molecular formula is C16H27N3. The van der Waals surface area contributed by atoms with Gasteiger partial charge in [0.1, 0.15) is 0 Å². The average molecular weight is 261 g/mol. The summed E-state index contributed by atoms with van der Waals surface area (Å²) in [5.74, 6) is 0.683. The lowest BCUT2D eigenvalue weighted by molar-refractivity contribution is 0.500. The molecule has 106 valence electrons. The molecule has 3 heteroatoms. The summed E-state index contributed by atoms with van der Waals surface area (Å²) >= 11 is 0. The maximum atomic E-state index is 3.52. The molecule has 0 saturated carbocycles. The lowest BCUT2D eigenvalue weighted by Gasteiger charge is -2.38. The second kappa shape index (κ2) is 6.80. The van der Waals surface area contributed by atoms with E-state index in [9.17, 15) is 0 Å². The summed E-state index contributed by atoms with van der Waals surface area (Å²) in [5.41, 5.74) is 2.75. The third-order valence-electron chi connectivity index (χ3n) is 3.79. The van der Waals surface area contributed by atoms with Crippen LogP contribution in [0, 0.1) is 5.92 Å². The van der Waals surface area contributed by atoms with E-state index in [0.29, 0.717) is 5.92 Å². The Balaban J connectivity index is 1.96. The Bertz CT molecular complexity index is 391. The molecule has 0 aromatic heterocycles. The molecule has 1 heterocycles. The van der Waals surface area contributed by atoms with Crippen LogP contribution in [0.2, 0.25) is 0 Å². The SMILES string of the molecule is CCCNCC(C)CN1CCN(C)c2ccccc21. The molecule has 3 nitrogen and oxygen atoms in total. The summed E-state index contributed by atoms with van der Waals surface area (Å²) < 4.78 is 0. The van der Waals surface area contributed by atoms with Crippen LogP contribution in [0.4, 0.5) is 11.4 Å². The molecule has 1 unspecified atom stereocenters. The highest BCUT2D eigenvalue weighted by Crippen LogP contribution is 2.31. The van der Waals surface area contributed by atoms with E-state index in [1.165, 1.54) is 17.8 Å². The van der Waals surface area contributed by atoms with E-state index >= 15 is 0 Å². The first kappa shape index (κ1) is 14.2. The first-order valence-electron chi connectivity index (χ1n) is 7.48. The summed E-state index contributed by atoms with van der Waals surface area (Å²) in [6.07, 6.45) is 1.21. The van der Waals surface area contributed by atoms with Gasteiger partial charge in [-0.05, 0) is 37.6 Å². The number of benzene rings is 1. The minimum atomic E-state index is 0.683. The van der Waals surface area contributed by atoms with Gasteiger partial charge in [0.25, 0.3) is 0 Å². The Morgan fingerprint density at radius 2 is 1.95 bits per heavy atom. The number of nitrogens with one attached hydrogen (secondary N) is 1. The van der Waals surface area contributed by atoms with Crippen molar-refractivity contribution in [2.45, 2.75) is 20.3 Å². The molecule has 0 spiro atoms. The fourth-order valence-corrected chi connectivity index (χ4v) is 2.72. The summed E-state index contributed by atoms with van der Waals surface area (Å²) in [7, 11) is 2.18. The van der Waals surface area contributed by atoms with Crippen molar-refractivity contribution in [1.82, 2.24) is 5.32 Å². The van der Waals surface area contributed by atoms with Crippen molar-refractivity contribution in [2.75, 3.05) is 49.6 Å². The van der Waals surface area contributed by atoms with Gasteiger partial charge in [0, 0.05) is 26.7 Å². The summed E-state index contributed by atoms with van der Waals surface area (Å²) in [5, 5.41) is 3.52. The Kier molecular flexibility index (Phi) is 5.08. The van der Waals surface area contributed by atoms with Crippen LogP contribution in [-0.4, -0.2) is 39.8 Å². The molecule has 0 saturated heterocycles. The van der Waals surface area contributed by atoms with E-state index in [-0.39, 0.29) is 0 Å².